The molecule has 9 aromatic heterocycles. The van der Waals surface area contributed by atoms with E-state index in [4.69, 9.17) is 34.3 Å². The van der Waals surface area contributed by atoms with Crippen LogP contribution >= 0.6 is 46.9 Å². The van der Waals surface area contributed by atoms with Gasteiger partial charge in [0.2, 0.25) is 0 Å². The number of nitrogens with zero attached hydrogens (tertiary/aromatic N) is 6. The molecular formula is C77H54ClF3N6O14S3. The highest BCUT2D eigenvalue weighted by atomic mass is 35.5. The fraction of sp³-hybridized carbons (Fsp3) is 0.104. The van der Waals surface area contributed by atoms with Crippen molar-refractivity contribution in [3.8, 4) is 28.7 Å². The number of fused-ring (bicyclic) bond motifs is 9. The SMILES string of the molecule is COc1ccc(Sc2c(O)c3c(=O)n(Cc4ccc(F)cc4)c4ncc(C)cc4c3oc2=O)cc1.COc1cccc(Sc2c(O)c3c(=O)n(Cc4ccc(F)cc4)c4ncc(C)cc4c3oc2=O)c1.Cc1cnc2c(c1)c1oc(=O)c(Sc3ccc(Cl)cc3)c(O)c1c(=O)n2Cc1ccc(F)cc1. The summed E-state index contributed by atoms with van der Waals surface area (Å²) in [4.78, 5) is 94.2. The zero-order chi connectivity index (χ0) is 73.4. The van der Waals surface area contributed by atoms with E-state index in [2.05, 4.69) is 15.0 Å². The van der Waals surface area contributed by atoms with Crippen molar-refractivity contribution in [1.29, 1.82) is 0 Å². The first kappa shape index (κ1) is 70.6. The van der Waals surface area contributed by atoms with Crippen molar-refractivity contribution >= 4 is 113 Å². The van der Waals surface area contributed by atoms with Crippen LogP contribution < -0.4 is 43.0 Å². The van der Waals surface area contributed by atoms with Gasteiger partial charge in [-0.2, -0.15) is 0 Å². The van der Waals surface area contributed by atoms with Crippen molar-refractivity contribution in [3.63, 3.8) is 0 Å². The lowest BCUT2D eigenvalue weighted by atomic mass is 10.1. The Labute approximate surface area is 602 Å². The molecule has 0 saturated heterocycles. The summed E-state index contributed by atoms with van der Waals surface area (Å²) in [6.45, 7) is 5.70. The molecule has 3 N–H and O–H groups in total. The maximum Gasteiger partial charge on any atom is 0.354 e. The molecule has 0 amide bonds. The Kier molecular flexibility index (Phi) is 20.1. The molecule has 0 atom stereocenters. The molecule has 0 aliphatic carbocycles. The van der Waals surface area contributed by atoms with Gasteiger partial charge in [-0.1, -0.05) is 89.4 Å². The van der Waals surface area contributed by atoms with Gasteiger partial charge >= 0.3 is 16.9 Å². The highest BCUT2D eigenvalue weighted by Gasteiger charge is 2.27. The van der Waals surface area contributed by atoms with Crippen LogP contribution in [0.2, 0.25) is 5.02 Å². The Hall–Kier alpha value is -11.8. The summed E-state index contributed by atoms with van der Waals surface area (Å²) in [6, 6.07) is 43.0. The molecule has 0 bridgehead atoms. The molecule has 104 heavy (non-hydrogen) atoms. The molecule has 0 aliphatic rings. The molecular weight excluding hydrogens is 1420 g/mol. The molecule has 15 aromatic rings. The molecule has 0 unspecified atom stereocenters. The number of hydrogen-bond donors (Lipinski definition) is 3. The van der Waals surface area contributed by atoms with Gasteiger partial charge in [-0.15, -0.1) is 0 Å². The second-order valence-electron chi connectivity index (χ2n) is 23.6. The topological polar surface area (TPSA) is 274 Å². The third-order valence-corrected chi connectivity index (χ3v) is 19.9. The third kappa shape index (κ3) is 14.4. The van der Waals surface area contributed by atoms with Crippen molar-refractivity contribution in [2.45, 2.75) is 69.8 Å². The van der Waals surface area contributed by atoms with E-state index in [9.17, 15) is 57.3 Å². The molecule has 27 heteroatoms. The Morgan fingerprint density at radius 1 is 0.413 bits per heavy atom. The molecule has 522 valence electrons. The number of aromatic nitrogens is 6. The van der Waals surface area contributed by atoms with Gasteiger partial charge in [0.25, 0.3) is 16.7 Å². The maximum atomic E-state index is 13.6. The summed E-state index contributed by atoms with van der Waals surface area (Å²) >= 11 is 8.86. The van der Waals surface area contributed by atoms with E-state index in [1.54, 1.807) is 153 Å². The summed E-state index contributed by atoms with van der Waals surface area (Å²) in [7, 11) is 3.07. The van der Waals surface area contributed by atoms with Gasteiger partial charge in [-0.05, 0) is 175 Å². The van der Waals surface area contributed by atoms with Gasteiger partial charge in [-0.25, -0.2) is 42.5 Å². The normalized spacial score (nSPS) is 11.3. The van der Waals surface area contributed by atoms with Crippen LogP contribution in [0.5, 0.6) is 28.7 Å². The van der Waals surface area contributed by atoms with Gasteiger partial charge in [-0.3, -0.25) is 28.1 Å². The standard InChI is InChI=1S/2C26H19FN2O5S.C25H16ClFN2O4S/c1-14-11-19-22-20(21(30)23(26(32)34-22)35-18-9-7-17(33-2)8-10-18)25(31)29(24(19)28-12-14)13-15-3-5-16(27)6-4-15;1-14-10-19-22-20(21(30)23(26(32)34-22)35-18-5-3-4-17(11-18)33-2)25(31)29(24(19)28-12-14)13-15-6-8-16(27)9-7-15;1-13-10-18-21-19(20(30)22(25(32)33-21)34-17-8-4-15(26)5-9-17)24(31)29(23(18)28-11-13)12-14-2-6-16(27)7-3-14/h2*3-12,30H,13H2,1-2H3;2-11,30H,12H2,1H3. The number of halogens is 4. The monoisotopic (exact) mass is 1470 g/mol. The van der Waals surface area contributed by atoms with Gasteiger partial charge in [0.05, 0.1) is 50.0 Å². The zero-order valence-corrected chi connectivity index (χ0v) is 58.4. The Bertz CT molecular complexity index is 6300. The molecule has 0 spiro atoms. The first-order valence-electron chi connectivity index (χ1n) is 31.4. The van der Waals surface area contributed by atoms with Crippen LogP contribution in [-0.4, -0.2) is 58.2 Å². The average molecular weight is 1480 g/mol. The highest BCUT2D eigenvalue weighted by molar-refractivity contribution is 8.00. The lowest BCUT2D eigenvalue weighted by Crippen LogP contribution is -2.23. The molecule has 6 aromatic carbocycles. The maximum absolute atomic E-state index is 13.6. The lowest BCUT2D eigenvalue weighted by molar-refractivity contribution is 0.413. The average Bonchev–Trinajstić information content (AvgIpc) is 0.747. The summed E-state index contributed by atoms with van der Waals surface area (Å²) in [5.74, 6) is -1.35. The second kappa shape index (κ2) is 29.6. The summed E-state index contributed by atoms with van der Waals surface area (Å²) in [5, 5.41) is 34.8. The quantitative estimate of drug-likeness (QED) is 0.0853. The van der Waals surface area contributed by atoms with Crippen molar-refractivity contribution in [3.05, 3.63) is 301 Å². The van der Waals surface area contributed by atoms with E-state index in [1.807, 2.05) is 20.8 Å². The highest BCUT2D eigenvalue weighted by Crippen LogP contribution is 2.41. The first-order chi connectivity index (χ1) is 50.0. The number of benzene rings is 6. The minimum Gasteiger partial charge on any atom is -0.505 e. The fourth-order valence-corrected chi connectivity index (χ4v) is 14.1. The molecule has 15 rings (SSSR count). The smallest absolute Gasteiger partial charge is 0.354 e. The Morgan fingerprint density at radius 3 is 1.06 bits per heavy atom. The van der Waals surface area contributed by atoms with Gasteiger partial charge < -0.3 is 38.0 Å². The van der Waals surface area contributed by atoms with Crippen LogP contribution in [-0.2, 0) is 19.6 Å². The number of aryl methyl sites for hydroxylation is 3. The van der Waals surface area contributed by atoms with Crippen molar-refractivity contribution in [2.24, 2.45) is 0 Å². The van der Waals surface area contributed by atoms with Crippen LogP contribution in [0.15, 0.2) is 254 Å². The molecule has 20 nitrogen and oxygen atoms in total. The largest absolute Gasteiger partial charge is 0.505 e. The first-order valence-corrected chi connectivity index (χ1v) is 34.2. The van der Waals surface area contributed by atoms with E-state index >= 15 is 0 Å². The molecule has 0 saturated carbocycles. The number of aromatic hydroxyl groups is 3. The molecule has 0 radical (unpaired) electrons. The van der Waals surface area contributed by atoms with E-state index in [0.717, 1.165) is 52.0 Å². The predicted molar refractivity (Wildman–Crippen MR) is 392 cm³/mol. The molecule has 0 fully saturated rings. The van der Waals surface area contributed by atoms with Crippen LogP contribution in [0.3, 0.4) is 0 Å². The van der Waals surface area contributed by atoms with Gasteiger partial charge in [0.15, 0.2) is 34.0 Å². The number of rotatable bonds is 14. The number of methoxy groups -OCH3 is 2. The van der Waals surface area contributed by atoms with Crippen LogP contribution in [0, 0.1) is 38.2 Å². The van der Waals surface area contributed by atoms with Crippen molar-refractivity contribution < 1.29 is 51.2 Å². The van der Waals surface area contributed by atoms with E-state index < -0.39 is 68.3 Å². The molecule has 0 aliphatic heterocycles. The van der Waals surface area contributed by atoms with E-state index in [0.29, 0.717) is 64.1 Å². The summed E-state index contributed by atoms with van der Waals surface area (Å²) < 4.78 is 71.5. The lowest BCUT2D eigenvalue weighted by Gasteiger charge is -2.14. The van der Waals surface area contributed by atoms with E-state index in [1.165, 1.54) is 57.2 Å². The Balaban J connectivity index is 0.000000139. The van der Waals surface area contributed by atoms with Crippen LogP contribution in [0.4, 0.5) is 13.2 Å². The number of ether oxygens (including phenoxy) is 2. The summed E-state index contributed by atoms with van der Waals surface area (Å²) in [6.07, 6.45) is 4.79. The minimum atomic E-state index is -0.777. The zero-order valence-electron chi connectivity index (χ0n) is 55.2. The van der Waals surface area contributed by atoms with Gasteiger partial charge in [0.1, 0.15) is 76.7 Å². The predicted octanol–water partition coefficient (Wildman–Crippen LogP) is 15.2. The number of hydrogen-bond acceptors (Lipinski definition) is 20. The Morgan fingerprint density at radius 2 is 0.731 bits per heavy atom. The minimum absolute atomic E-state index is 0.0295. The van der Waals surface area contributed by atoms with Gasteiger partial charge in [0, 0.05) is 38.3 Å². The van der Waals surface area contributed by atoms with Crippen molar-refractivity contribution in [2.75, 3.05) is 14.2 Å². The van der Waals surface area contributed by atoms with Crippen LogP contribution in [0.25, 0.3) is 66.0 Å². The third-order valence-electron chi connectivity index (χ3n) is 16.4. The van der Waals surface area contributed by atoms with Crippen molar-refractivity contribution in [1.82, 2.24) is 28.7 Å². The van der Waals surface area contributed by atoms with Crippen LogP contribution in [0.1, 0.15) is 33.4 Å². The number of pyridine rings is 6. The van der Waals surface area contributed by atoms with E-state index in [-0.39, 0.29) is 84.2 Å². The fourth-order valence-electron chi connectivity index (χ4n) is 11.4. The second-order valence-corrected chi connectivity index (χ2v) is 27.3. The summed E-state index contributed by atoms with van der Waals surface area (Å²) in [5.41, 5.74) is 1.04. The molecule has 9 heterocycles.